The van der Waals surface area contributed by atoms with Crippen molar-refractivity contribution in [1.29, 1.82) is 0 Å². The molecule has 1 saturated heterocycles. The summed E-state index contributed by atoms with van der Waals surface area (Å²) in [5.41, 5.74) is 3.87. The lowest BCUT2D eigenvalue weighted by molar-refractivity contribution is 0.159. The van der Waals surface area contributed by atoms with Gasteiger partial charge in [-0.3, -0.25) is 4.99 Å². The van der Waals surface area contributed by atoms with Gasteiger partial charge in [0, 0.05) is 31.3 Å². The van der Waals surface area contributed by atoms with Crippen LogP contribution >= 0.6 is 0 Å². The molecule has 1 aromatic heterocycles. The van der Waals surface area contributed by atoms with Gasteiger partial charge < -0.3 is 24.0 Å². The van der Waals surface area contributed by atoms with E-state index in [4.69, 9.17) is 9.47 Å². The number of hydrogen-bond donors (Lipinski definition) is 1. The maximum Gasteiger partial charge on any atom is 0.201 e. The average Bonchev–Trinajstić information content (AvgIpc) is 3.27. The molecule has 6 nitrogen and oxygen atoms in total. The molecular weight excluding hydrogens is 330 g/mol. The molecule has 0 amide bonds. The van der Waals surface area contributed by atoms with Crippen LogP contribution in [0.5, 0.6) is 5.88 Å². The van der Waals surface area contributed by atoms with E-state index in [0.717, 1.165) is 35.3 Å². The molecule has 1 unspecified atom stereocenters. The zero-order valence-corrected chi connectivity index (χ0v) is 15.6. The molecule has 140 valence electrons. The molecule has 0 aliphatic carbocycles. The van der Waals surface area contributed by atoms with Crippen molar-refractivity contribution in [2.24, 2.45) is 4.99 Å². The van der Waals surface area contributed by atoms with Crippen LogP contribution in [0.15, 0.2) is 23.2 Å². The predicted octanol–water partition coefficient (Wildman–Crippen LogP) is 2.97. The highest BCUT2D eigenvalue weighted by Crippen LogP contribution is 2.38. The molecule has 4 rings (SSSR count). The first-order valence-electron chi connectivity index (χ1n) is 9.43. The number of nitrogens with zero attached hydrogens (tertiary/aromatic N) is 3. The van der Waals surface area contributed by atoms with Crippen LogP contribution < -0.4 is 4.90 Å². The van der Waals surface area contributed by atoms with Gasteiger partial charge in [0.15, 0.2) is 0 Å². The standard InChI is InChI=1S/C20H27N3O3/c1-14(12-25-2)23-18-6-5-15(22-8-3-4-9-22)11-16(18)19(20(23)24)17-13-26-10-7-21-17/h5-6,11,14,24H,3-4,7-10,12-13H2,1-2H3. The van der Waals surface area contributed by atoms with Crippen LogP contribution in [0.4, 0.5) is 5.69 Å². The smallest absolute Gasteiger partial charge is 0.201 e. The van der Waals surface area contributed by atoms with Gasteiger partial charge in [-0.15, -0.1) is 0 Å². The van der Waals surface area contributed by atoms with Crippen LogP contribution in [-0.2, 0) is 9.47 Å². The van der Waals surface area contributed by atoms with Crippen molar-refractivity contribution >= 4 is 22.3 Å². The Morgan fingerprint density at radius 3 is 2.81 bits per heavy atom. The lowest BCUT2D eigenvalue weighted by Gasteiger charge is -2.18. The number of ether oxygens (including phenoxy) is 2. The number of aromatic hydroxyl groups is 1. The minimum Gasteiger partial charge on any atom is -0.494 e. The van der Waals surface area contributed by atoms with Crippen molar-refractivity contribution in [3.63, 3.8) is 0 Å². The summed E-state index contributed by atoms with van der Waals surface area (Å²) in [5.74, 6) is 0.257. The number of aliphatic imine (C=N–C) groups is 1. The van der Waals surface area contributed by atoms with Crippen LogP contribution in [0.2, 0.25) is 0 Å². The van der Waals surface area contributed by atoms with Gasteiger partial charge >= 0.3 is 0 Å². The summed E-state index contributed by atoms with van der Waals surface area (Å²) in [7, 11) is 1.69. The molecule has 0 spiro atoms. The number of methoxy groups -OCH3 is 1. The summed E-state index contributed by atoms with van der Waals surface area (Å²) in [6.45, 7) is 6.51. The molecule has 1 aromatic carbocycles. The Kier molecular flexibility index (Phi) is 4.87. The molecule has 6 heteroatoms. The third-order valence-electron chi connectivity index (χ3n) is 5.35. The SMILES string of the molecule is COCC(C)n1c(O)c(C2=NCCOC2)c2cc(N3CCCC3)ccc21. The highest BCUT2D eigenvalue weighted by Gasteiger charge is 2.25. The van der Waals surface area contributed by atoms with Crippen LogP contribution in [0.1, 0.15) is 31.4 Å². The summed E-state index contributed by atoms with van der Waals surface area (Å²) in [6, 6.07) is 6.50. The zero-order valence-electron chi connectivity index (χ0n) is 15.6. The summed E-state index contributed by atoms with van der Waals surface area (Å²) >= 11 is 0. The molecule has 0 saturated carbocycles. The molecule has 1 fully saturated rings. The summed E-state index contributed by atoms with van der Waals surface area (Å²) < 4.78 is 12.9. The first-order valence-corrected chi connectivity index (χ1v) is 9.43. The molecule has 2 aliphatic rings. The third-order valence-corrected chi connectivity index (χ3v) is 5.35. The fourth-order valence-corrected chi connectivity index (χ4v) is 4.12. The van der Waals surface area contributed by atoms with Gasteiger partial charge in [-0.25, -0.2) is 0 Å². The molecular formula is C20H27N3O3. The Morgan fingerprint density at radius 2 is 2.12 bits per heavy atom. The maximum absolute atomic E-state index is 11.1. The normalized spacial score (nSPS) is 19.2. The van der Waals surface area contributed by atoms with Gasteiger partial charge in [-0.1, -0.05) is 0 Å². The van der Waals surface area contributed by atoms with Crippen molar-refractivity contribution in [3.05, 3.63) is 23.8 Å². The van der Waals surface area contributed by atoms with E-state index in [1.165, 1.54) is 18.5 Å². The van der Waals surface area contributed by atoms with Gasteiger partial charge in [-0.05, 0) is 38.0 Å². The lowest BCUT2D eigenvalue weighted by Crippen LogP contribution is -2.19. The predicted molar refractivity (Wildman–Crippen MR) is 104 cm³/mol. The largest absolute Gasteiger partial charge is 0.494 e. The van der Waals surface area contributed by atoms with Crippen molar-refractivity contribution < 1.29 is 14.6 Å². The Balaban J connectivity index is 1.89. The van der Waals surface area contributed by atoms with Gasteiger partial charge in [0.1, 0.15) is 0 Å². The van der Waals surface area contributed by atoms with E-state index in [2.05, 4.69) is 35.0 Å². The van der Waals surface area contributed by atoms with Crippen molar-refractivity contribution in [2.75, 3.05) is 51.5 Å². The molecule has 2 aliphatic heterocycles. The Morgan fingerprint density at radius 1 is 1.31 bits per heavy atom. The third kappa shape index (κ3) is 2.97. The molecule has 2 aromatic rings. The Labute approximate surface area is 154 Å². The molecule has 0 bridgehead atoms. The number of aromatic nitrogens is 1. The van der Waals surface area contributed by atoms with E-state index in [1.54, 1.807) is 7.11 Å². The molecule has 3 heterocycles. The van der Waals surface area contributed by atoms with E-state index < -0.39 is 0 Å². The zero-order chi connectivity index (χ0) is 18.1. The van der Waals surface area contributed by atoms with Crippen molar-refractivity contribution in [2.45, 2.75) is 25.8 Å². The van der Waals surface area contributed by atoms with Gasteiger partial charge in [-0.2, -0.15) is 0 Å². The number of hydrogen-bond acceptors (Lipinski definition) is 5. The number of fused-ring (bicyclic) bond motifs is 1. The molecule has 1 atom stereocenters. The van der Waals surface area contributed by atoms with Crippen LogP contribution in [0, 0.1) is 0 Å². The molecule has 26 heavy (non-hydrogen) atoms. The minimum atomic E-state index is 0.0268. The van der Waals surface area contributed by atoms with Gasteiger partial charge in [0.2, 0.25) is 5.88 Å². The molecule has 0 radical (unpaired) electrons. The van der Waals surface area contributed by atoms with Crippen LogP contribution in [-0.4, -0.2) is 62.0 Å². The van der Waals surface area contributed by atoms with Crippen LogP contribution in [0.3, 0.4) is 0 Å². The number of rotatable bonds is 5. The highest BCUT2D eigenvalue weighted by atomic mass is 16.5. The Bertz CT molecular complexity index is 821. The second kappa shape index (κ2) is 7.29. The first kappa shape index (κ1) is 17.4. The van der Waals surface area contributed by atoms with E-state index in [1.807, 2.05) is 4.57 Å². The highest BCUT2D eigenvalue weighted by molar-refractivity contribution is 6.14. The van der Waals surface area contributed by atoms with Crippen molar-refractivity contribution in [3.8, 4) is 5.88 Å². The van der Waals surface area contributed by atoms with Crippen LogP contribution in [0.25, 0.3) is 10.9 Å². The Hall–Kier alpha value is -2.05. The second-order valence-corrected chi connectivity index (χ2v) is 7.15. The summed E-state index contributed by atoms with van der Waals surface area (Å²) in [5, 5.41) is 12.1. The number of anilines is 1. The lowest BCUT2D eigenvalue weighted by atomic mass is 10.1. The monoisotopic (exact) mass is 357 g/mol. The quantitative estimate of drug-likeness (QED) is 0.894. The van der Waals surface area contributed by atoms with E-state index in [9.17, 15) is 5.11 Å². The van der Waals surface area contributed by atoms with Gasteiger partial charge in [0.05, 0.1) is 49.2 Å². The topological polar surface area (TPSA) is 59.2 Å². The summed E-state index contributed by atoms with van der Waals surface area (Å²) in [6.07, 6.45) is 2.48. The average molecular weight is 357 g/mol. The fraction of sp³-hybridized carbons (Fsp3) is 0.550. The van der Waals surface area contributed by atoms with Crippen molar-refractivity contribution in [1.82, 2.24) is 4.57 Å². The number of benzene rings is 1. The first-order chi connectivity index (χ1) is 12.7. The van der Waals surface area contributed by atoms with E-state index >= 15 is 0 Å². The fourth-order valence-electron chi connectivity index (χ4n) is 4.12. The van der Waals surface area contributed by atoms with Gasteiger partial charge in [0.25, 0.3) is 0 Å². The second-order valence-electron chi connectivity index (χ2n) is 7.15. The minimum absolute atomic E-state index is 0.0268. The maximum atomic E-state index is 11.1. The molecule has 1 N–H and O–H groups in total. The van der Waals surface area contributed by atoms with E-state index in [-0.39, 0.29) is 11.9 Å². The van der Waals surface area contributed by atoms with E-state index in [0.29, 0.717) is 26.4 Å². The summed E-state index contributed by atoms with van der Waals surface area (Å²) in [4.78, 5) is 7.04.